The summed E-state index contributed by atoms with van der Waals surface area (Å²) >= 11 is 0. The van der Waals surface area contributed by atoms with E-state index in [0.29, 0.717) is 29.8 Å². The van der Waals surface area contributed by atoms with E-state index in [4.69, 9.17) is 13.7 Å². The highest BCUT2D eigenvalue weighted by atomic mass is 35.5. The second-order valence-electron chi connectivity index (χ2n) is 6.98. The van der Waals surface area contributed by atoms with Crippen LogP contribution in [0.3, 0.4) is 0 Å². The molecule has 2 aromatic heterocycles. The first-order chi connectivity index (χ1) is 13.1. The van der Waals surface area contributed by atoms with Crippen molar-refractivity contribution in [2.24, 2.45) is 0 Å². The van der Waals surface area contributed by atoms with E-state index in [-0.39, 0.29) is 18.4 Å². The van der Waals surface area contributed by atoms with E-state index in [1.54, 1.807) is 0 Å². The summed E-state index contributed by atoms with van der Waals surface area (Å²) in [5.74, 6) is 3.18. The van der Waals surface area contributed by atoms with Crippen molar-refractivity contribution in [3.8, 4) is 17.4 Å². The summed E-state index contributed by atoms with van der Waals surface area (Å²) in [6.45, 7) is 7.18. The second kappa shape index (κ2) is 8.77. The number of likely N-dealkylation sites (N-methyl/N-ethyl adjacent to an activating group) is 1. The molecule has 1 aliphatic heterocycles. The number of halogens is 1. The molecule has 0 spiro atoms. The number of ether oxygens (including phenoxy) is 1. The fourth-order valence-electron chi connectivity index (χ4n) is 3.25. The van der Waals surface area contributed by atoms with Crippen LogP contribution in [0.15, 0.2) is 39.3 Å². The molecular formula is C20H25ClN4O3. The number of nitrogens with zero attached hydrogens (tertiary/aromatic N) is 3. The summed E-state index contributed by atoms with van der Waals surface area (Å²) < 4.78 is 17.1. The highest BCUT2D eigenvalue weighted by molar-refractivity contribution is 5.85. The lowest BCUT2D eigenvalue weighted by molar-refractivity contribution is 0.190. The van der Waals surface area contributed by atoms with Gasteiger partial charge in [0, 0.05) is 19.6 Å². The van der Waals surface area contributed by atoms with E-state index in [1.165, 1.54) is 5.56 Å². The predicted octanol–water partition coefficient (Wildman–Crippen LogP) is 3.52. The van der Waals surface area contributed by atoms with Gasteiger partial charge in [-0.25, -0.2) is 0 Å². The van der Waals surface area contributed by atoms with Crippen LogP contribution in [0.4, 0.5) is 0 Å². The first kappa shape index (κ1) is 20.4. The molecule has 3 aromatic rings. The van der Waals surface area contributed by atoms with E-state index in [1.807, 2.05) is 31.2 Å². The fourth-order valence-corrected chi connectivity index (χ4v) is 3.25. The van der Waals surface area contributed by atoms with Crippen molar-refractivity contribution in [1.29, 1.82) is 0 Å². The number of hydrogen-bond acceptors (Lipinski definition) is 7. The fraction of sp³-hybridized carbons (Fsp3) is 0.400. The lowest BCUT2D eigenvalue weighted by Crippen LogP contribution is -2.44. The van der Waals surface area contributed by atoms with Gasteiger partial charge in [0.2, 0.25) is 0 Å². The van der Waals surface area contributed by atoms with Gasteiger partial charge in [0.15, 0.2) is 11.6 Å². The van der Waals surface area contributed by atoms with Crippen molar-refractivity contribution in [3.63, 3.8) is 0 Å². The van der Waals surface area contributed by atoms with Crippen molar-refractivity contribution in [3.05, 3.63) is 53.0 Å². The lowest BCUT2D eigenvalue weighted by Gasteiger charge is -2.30. The number of benzene rings is 1. The van der Waals surface area contributed by atoms with E-state index < -0.39 is 0 Å². The molecule has 0 aliphatic carbocycles. The molecule has 1 fully saturated rings. The summed E-state index contributed by atoms with van der Waals surface area (Å²) in [6, 6.07) is 9.93. The van der Waals surface area contributed by atoms with Crippen LogP contribution < -0.4 is 10.1 Å². The summed E-state index contributed by atoms with van der Waals surface area (Å²) in [6.07, 6.45) is 0. The van der Waals surface area contributed by atoms with Crippen LogP contribution in [0.25, 0.3) is 11.7 Å². The molecule has 7 nitrogen and oxygen atoms in total. The predicted molar refractivity (Wildman–Crippen MR) is 108 cm³/mol. The zero-order chi connectivity index (χ0) is 18.8. The molecule has 4 rings (SSSR count). The standard InChI is InChI=1S/C20H24N4O3.ClH/c1-13-4-6-17(14(2)10-13)25-12-15-5-7-18(26-15)20-22-19(23-27-20)16-11-21-8-9-24(16)3;/h4-7,10,16,21H,8-9,11-12H2,1-3H3;1H. The zero-order valence-corrected chi connectivity index (χ0v) is 17.1. The van der Waals surface area contributed by atoms with Gasteiger partial charge in [-0.2, -0.15) is 4.98 Å². The first-order valence-electron chi connectivity index (χ1n) is 9.14. The van der Waals surface area contributed by atoms with Gasteiger partial charge in [0.25, 0.3) is 5.89 Å². The van der Waals surface area contributed by atoms with Crippen molar-refractivity contribution < 1.29 is 13.7 Å². The maximum atomic E-state index is 5.87. The van der Waals surface area contributed by atoms with E-state index >= 15 is 0 Å². The summed E-state index contributed by atoms with van der Waals surface area (Å²) in [4.78, 5) is 6.73. The molecule has 1 unspecified atom stereocenters. The molecule has 8 heteroatoms. The zero-order valence-electron chi connectivity index (χ0n) is 16.3. The van der Waals surface area contributed by atoms with Crippen molar-refractivity contribution in [2.75, 3.05) is 26.7 Å². The number of hydrogen-bond donors (Lipinski definition) is 1. The van der Waals surface area contributed by atoms with Crippen LogP contribution in [0.1, 0.15) is 28.8 Å². The van der Waals surface area contributed by atoms with Gasteiger partial charge in [0.1, 0.15) is 18.1 Å². The number of furan rings is 1. The Kier molecular flexibility index (Phi) is 6.39. The molecule has 28 heavy (non-hydrogen) atoms. The van der Waals surface area contributed by atoms with Crippen LogP contribution in [-0.2, 0) is 6.61 Å². The van der Waals surface area contributed by atoms with Gasteiger partial charge in [-0.3, -0.25) is 4.90 Å². The Morgan fingerprint density at radius 3 is 2.89 bits per heavy atom. The Morgan fingerprint density at radius 2 is 2.11 bits per heavy atom. The van der Waals surface area contributed by atoms with Gasteiger partial charge in [-0.1, -0.05) is 22.9 Å². The Bertz CT molecular complexity index is 924. The lowest BCUT2D eigenvalue weighted by atomic mass is 10.1. The molecule has 0 radical (unpaired) electrons. The van der Waals surface area contributed by atoms with E-state index in [2.05, 4.69) is 40.4 Å². The summed E-state index contributed by atoms with van der Waals surface area (Å²) in [5, 5.41) is 7.48. The molecule has 0 saturated carbocycles. The van der Waals surface area contributed by atoms with Crippen LogP contribution in [0.5, 0.6) is 5.75 Å². The topological polar surface area (TPSA) is 76.6 Å². The average molecular weight is 405 g/mol. The van der Waals surface area contributed by atoms with Crippen molar-refractivity contribution in [1.82, 2.24) is 20.4 Å². The Hall–Kier alpha value is -2.35. The minimum Gasteiger partial charge on any atom is -0.485 e. The Morgan fingerprint density at radius 1 is 1.25 bits per heavy atom. The number of nitrogens with one attached hydrogen (secondary N) is 1. The summed E-state index contributed by atoms with van der Waals surface area (Å²) in [7, 11) is 2.07. The molecule has 1 saturated heterocycles. The average Bonchev–Trinajstić information content (AvgIpc) is 3.31. The highest BCUT2D eigenvalue weighted by Crippen LogP contribution is 2.25. The van der Waals surface area contributed by atoms with Crippen LogP contribution in [-0.4, -0.2) is 41.7 Å². The quantitative estimate of drug-likeness (QED) is 0.697. The third-order valence-corrected chi connectivity index (χ3v) is 4.82. The largest absolute Gasteiger partial charge is 0.485 e. The molecule has 1 N–H and O–H groups in total. The molecule has 1 aliphatic rings. The molecule has 0 amide bonds. The van der Waals surface area contributed by atoms with Gasteiger partial charge in [-0.05, 0) is 44.7 Å². The Labute approximate surface area is 170 Å². The van der Waals surface area contributed by atoms with E-state index in [0.717, 1.165) is 30.9 Å². The number of aryl methyl sites for hydroxylation is 2. The smallest absolute Gasteiger partial charge is 0.293 e. The van der Waals surface area contributed by atoms with Crippen LogP contribution >= 0.6 is 12.4 Å². The molecule has 1 aromatic carbocycles. The monoisotopic (exact) mass is 404 g/mol. The van der Waals surface area contributed by atoms with Gasteiger partial charge >= 0.3 is 0 Å². The number of rotatable bonds is 5. The van der Waals surface area contributed by atoms with E-state index in [9.17, 15) is 0 Å². The normalized spacial score (nSPS) is 17.3. The summed E-state index contributed by atoms with van der Waals surface area (Å²) in [5.41, 5.74) is 2.32. The molecule has 1 atom stereocenters. The SMILES string of the molecule is Cc1ccc(OCc2ccc(-c3nc(C4CNCCN4C)no3)o2)c(C)c1.Cl. The van der Waals surface area contributed by atoms with Gasteiger partial charge < -0.3 is 19.0 Å². The molecule has 0 bridgehead atoms. The Balaban J connectivity index is 0.00000225. The van der Waals surface area contributed by atoms with Gasteiger partial charge in [0.05, 0.1) is 6.04 Å². The molecule has 150 valence electrons. The maximum Gasteiger partial charge on any atom is 0.293 e. The third-order valence-electron chi connectivity index (χ3n) is 4.82. The van der Waals surface area contributed by atoms with Crippen molar-refractivity contribution >= 4 is 12.4 Å². The minimum atomic E-state index is 0. The highest BCUT2D eigenvalue weighted by Gasteiger charge is 2.26. The number of piperazine rings is 1. The van der Waals surface area contributed by atoms with Crippen LogP contribution in [0.2, 0.25) is 0 Å². The molecule has 3 heterocycles. The second-order valence-corrected chi connectivity index (χ2v) is 6.98. The van der Waals surface area contributed by atoms with Gasteiger partial charge in [-0.15, -0.1) is 12.4 Å². The third kappa shape index (κ3) is 4.38. The molecular weight excluding hydrogens is 380 g/mol. The maximum absolute atomic E-state index is 5.87. The minimum absolute atomic E-state index is 0. The first-order valence-corrected chi connectivity index (χ1v) is 9.14. The number of aromatic nitrogens is 2. The van der Waals surface area contributed by atoms with Crippen LogP contribution in [0, 0.1) is 13.8 Å². The van der Waals surface area contributed by atoms with Crippen molar-refractivity contribution in [2.45, 2.75) is 26.5 Å².